The molecule has 2 heterocycles. The first-order chi connectivity index (χ1) is 12.6. The minimum absolute atomic E-state index is 0.490. The van der Waals surface area contributed by atoms with Crippen LogP contribution in [0.15, 0.2) is 48.8 Å². The lowest BCUT2D eigenvalue weighted by Gasteiger charge is -2.43. The van der Waals surface area contributed by atoms with Gasteiger partial charge in [-0.25, -0.2) is 0 Å². The summed E-state index contributed by atoms with van der Waals surface area (Å²) in [6, 6.07) is 13.0. The van der Waals surface area contributed by atoms with Gasteiger partial charge in [0.05, 0.1) is 11.4 Å². The summed E-state index contributed by atoms with van der Waals surface area (Å²) in [4.78, 5) is 4.50. The molecule has 1 saturated carbocycles. The van der Waals surface area contributed by atoms with E-state index < -0.39 is 0 Å². The molecule has 0 radical (unpaired) electrons. The van der Waals surface area contributed by atoms with Crippen molar-refractivity contribution in [2.75, 3.05) is 11.9 Å². The average Bonchev–Trinajstić information content (AvgIpc) is 2.94. The zero-order chi connectivity index (χ0) is 18.1. The number of nitrogens with one attached hydrogen (secondary N) is 1. The van der Waals surface area contributed by atoms with E-state index >= 15 is 0 Å². The third-order valence-corrected chi connectivity index (χ3v) is 5.91. The van der Waals surface area contributed by atoms with Gasteiger partial charge >= 0.3 is 0 Å². The number of aryl methyl sites for hydroxylation is 1. The van der Waals surface area contributed by atoms with Gasteiger partial charge in [0.2, 0.25) is 0 Å². The molecule has 1 aromatic carbocycles. The maximum Gasteiger partial charge on any atom is 0.0533 e. The van der Waals surface area contributed by atoms with Crippen LogP contribution in [-0.2, 0) is 7.05 Å². The van der Waals surface area contributed by atoms with E-state index in [1.165, 1.54) is 47.8 Å². The first-order valence-electron chi connectivity index (χ1n) is 9.80. The Labute approximate surface area is 156 Å². The van der Waals surface area contributed by atoms with Gasteiger partial charge in [-0.15, -0.1) is 0 Å². The third-order valence-electron chi connectivity index (χ3n) is 5.91. The Balaban J connectivity index is 1.56. The Morgan fingerprint density at radius 2 is 1.96 bits per heavy atom. The summed E-state index contributed by atoms with van der Waals surface area (Å²) in [5.74, 6) is 0.761. The third kappa shape index (κ3) is 3.23. The molecule has 2 aromatic heterocycles. The molecular weight excluding hydrogens is 318 g/mol. The van der Waals surface area contributed by atoms with Crippen molar-refractivity contribution in [1.29, 1.82) is 0 Å². The predicted octanol–water partition coefficient (Wildman–Crippen LogP) is 5.87. The van der Waals surface area contributed by atoms with E-state index in [9.17, 15) is 0 Å². The molecule has 3 aromatic rings. The maximum absolute atomic E-state index is 4.50. The normalized spacial score (nSPS) is 16.0. The quantitative estimate of drug-likeness (QED) is 0.604. The van der Waals surface area contributed by atoms with E-state index in [0.29, 0.717) is 5.41 Å². The molecule has 1 aliphatic rings. The molecule has 0 amide bonds. The summed E-state index contributed by atoms with van der Waals surface area (Å²) in [5, 5.41) is 4.96. The van der Waals surface area contributed by atoms with Crippen molar-refractivity contribution in [3.8, 4) is 11.3 Å². The van der Waals surface area contributed by atoms with Crippen molar-refractivity contribution in [2.24, 2.45) is 18.4 Å². The minimum atomic E-state index is 0.490. The fourth-order valence-corrected chi connectivity index (χ4v) is 4.53. The van der Waals surface area contributed by atoms with Crippen LogP contribution < -0.4 is 5.32 Å². The van der Waals surface area contributed by atoms with Gasteiger partial charge in [-0.05, 0) is 48.8 Å². The van der Waals surface area contributed by atoms with Crippen LogP contribution in [0.2, 0.25) is 0 Å². The highest BCUT2D eigenvalue weighted by Crippen LogP contribution is 2.46. The number of anilines is 1. The molecule has 3 heteroatoms. The van der Waals surface area contributed by atoms with Crippen molar-refractivity contribution in [2.45, 2.75) is 39.5 Å². The first kappa shape index (κ1) is 17.1. The van der Waals surface area contributed by atoms with E-state index in [1.54, 1.807) is 0 Å². The predicted molar refractivity (Wildman–Crippen MR) is 110 cm³/mol. The number of hydrogen-bond acceptors (Lipinski definition) is 2. The van der Waals surface area contributed by atoms with Gasteiger partial charge in [0, 0.05) is 42.5 Å². The molecule has 0 bridgehead atoms. The molecule has 1 aliphatic carbocycles. The molecule has 1 fully saturated rings. The topological polar surface area (TPSA) is 29.9 Å². The highest BCUT2D eigenvalue weighted by molar-refractivity contribution is 5.87. The lowest BCUT2D eigenvalue weighted by atomic mass is 9.64. The molecule has 0 spiro atoms. The number of rotatable bonds is 6. The van der Waals surface area contributed by atoms with Crippen LogP contribution in [0.1, 0.15) is 39.5 Å². The molecule has 0 saturated heterocycles. The van der Waals surface area contributed by atoms with Crippen LogP contribution >= 0.6 is 0 Å². The Kier molecular flexibility index (Phi) is 4.47. The van der Waals surface area contributed by atoms with Crippen LogP contribution in [-0.4, -0.2) is 16.1 Å². The number of benzene rings is 1. The molecule has 26 heavy (non-hydrogen) atoms. The van der Waals surface area contributed by atoms with Crippen molar-refractivity contribution in [1.82, 2.24) is 9.55 Å². The van der Waals surface area contributed by atoms with Gasteiger partial charge in [-0.3, -0.25) is 4.98 Å². The number of pyridine rings is 1. The molecule has 136 valence electrons. The molecule has 0 aliphatic heterocycles. The molecule has 3 nitrogen and oxygen atoms in total. The second-order valence-electron chi connectivity index (χ2n) is 8.41. The van der Waals surface area contributed by atoms with E-state index in [4.69, 9.17) is 0 Å². The summed E-state index contributed by atoms with van der Waals surface area (Å²) in [6.07, 6.45) is 9.32. The summed E-state index contributed by atoms with van der Waals surface area (Å²) in [7, 11) is 2.13. The molecule has 0 atom stereocenters. The van der Waals surface area contributed by atoms with Gasteiger partial charge < -0.3 is 9.88 Å². The van der Waals surface area contributed by atoms with Crippen molar-refractivity contribution in [3.05, 3.63) is 48.8 Å². The van der Waals surface area contributed by atoms with Crippen LogP contribution in [0.5, 0.6) is 0 Å². The smallest absolute Gasteiger partial charge is 0.0533 e. The lowest BCUT2D eigenvalue weighted by molar-refractivity contribution is 0.117. The fraction of sp³-hybridized carbons (Fsp3) is 0.435. The SMILES string of the molecule is CC(C)CC1(CNc2cncc(-c3cc4ccccc4n3C)c2)CCC1. The number of aromatic nitrogens is 2. The standard InChI is InChI=1S/C23H29N3/c1-17(2)13-23(9-6-10-23)16-25-20-11-19(14-24-15-20)22-12-18-7-4-5-8-21(18)26(22)3/h4-5,7-8,11-12,14-15,17,25H,6,9-10,13,16H2,1-3H3. The van der Waals surface area contributed by atoms with Crippen LogP contribution in [0.25, 0.3) is 22.2 Å². The maximum atomic E-state index is 4.50. The highest BCUT2D eigenvalue weighted by Gasteiger charge is 2.37. The van der Waals surface area contributed by atoms with Crippen LogP contribution in [0.4, 0.5) is 5.69 Å². The Morgan fingerprint density at radius 1 is 1.15 bits per heavy atom. The largest absolute Gasteiger partial charge is 0.383 e. The van der Waals surface area contributed by atoms with E-state index in [-0.39, 0.29) is 0 Å². The summed E-state index contributed by atoms with van der Waals surface area (Å²) in [5.41, 5.74) is 5.25. The van der Waals surface area contributed by atoms with E-state index in [0.717, 1.165) is 18.2 Å². The van der Waals surface area contributed by atoms with Crippen molar-refractivity contribution >= 4 is 16.6 Å². The number of para-hydroxylation sites is 1. The van der Waals surface area contributed by atoms with Gasteiger partial charge in [0.1, 0.15) is 0 Å². The Hall–Kier alpha value is -2.29. The monoisotopic (exact) mass is 347 g/mol. The second-order valence-corrected chi connectivity index (χ2v) is 8.41. The lowest BCUT2D eigenvalue weighted by Crippen LogP contribution is -2.37. The number of nitrogens with zero attached hydrogens (tertiary/aromatic N) is 2. The zero-order valence-corrected chi connectivity index (χ0v) is 16.1. The Morgan fingerprint density at radius 3 is 2.65 bits per heavy atom. The second kappa shape index (κ2) is 6.79. The van der Waals surface area contributed by atoms with Crippen LogP contribution in [0.3, 0.4) is 0 Å². The van der Waals surface area contributed by atoms with Gasteiger partial charge in [-0.1, -0.05) is 38.5 Å². The first-order valence-corrected chi connectivity index (χ1v) is 9.80. The van der Waals surface area contributed by atoms with Gasteiger partial charge in [0.25, 0.3) is 0 Å². The number of hydrogen-bond donors (Lipinski definition) is 1. The average molecular weight is 348 g/mol. The Bertz CT molecular complexity index is 903. The molecular formula is C23H29N3. The van der Waals surface area contributed by atoms with Gasteiger partial charge in [-0.2, -0.15) is 0 Å². The van der Waals surface area contributed by atoms with E-state index in [1.807, 2.05) is 12.4 Å². The molecule has 4 rings (SSSR count). The highest BCUT2D eigenvalue weighted by atomic mass is 15.0. The molecule has 1 N–H and O–H groups in total. The summed E-state index contributed by atoms with van der Waals surface area (Å²) >= 11 is 0. The van der Waals surface area contributed by atoms with Gasteiger partial charge in [0.15, 0.2) is 0 Å². The van der Waals surface area contributed by atoms with Crippen LogP contribution in [0, 0.1) is 11.3 Å². The summed E-state index contributed by atoms with van der Waals surface area (Å²) < 4.78 is 2.25. The zero-order valence-electron chi connectivity index (χ0n) is 16.1. The fourth-order valence-electron chi connectivity index (χ4n) is 4.53. The summed E-state index contributed by atoms with van der Waals surface area (Å²) in [6.45, 7) is 5.73. The number of fused-ring (bicyclic) bond motifs is 1. The minimum Gasteiger partial charge on any atom is -0.383 e. The molecule has 0 unspecified atom stereocenters. The van der Waals surface area contributed by atoms with Crippen molar-refractivity contribution in [3.63, 3.8) is 0 Å². The van der Waals surface area contributed by atoms with Crippen molar-refractivity contribution < 1.29 is 0 Å². The van der Waals surface area contributed by atoms with E-state index in [2.05, 4.69) is 72.2 Å².